The van der Waals surface area contributed by atoms with Crippen LogP contribution in [-0.4, -0.2) is 19.7 Å². The molecular formula is C27H19N3+2. The summed E-state index contributed by atoms with van der Waals surface area (Å²) in [5, 5.41) is 2.51. The van der Waals surface area contributed by atoms with Gasteiger partial charge in [-0.1, -0.05) is 63.7 Å². The van der Waals surface area contributed by atoms with Gasteiger partial charge < -0.3 is 4.57 Å². The predicted octanol–water partition coefficient (Wildman–Crippen LogP) is 6.43. The van der Waals surface area contributed by atoms with Crippen LogP contribution in [0.15, 0.2) is 116 Å². The lowest BCUT2D eigenvalue weighted by atomic mass is 10.1. The first-order chi connectivity index (χ1) is 14.9. The van der Waals surface area contributed by atoms with Crippen molar-refractivity contribution in [2.75, 3.05) is 0 Å². The predicted molar refractivity (Wildman–Crippen MR) is 121 cm³/mol. The van der Waals surface area contributed by atoms with Crippen molar-refractivity contribution in [3.05, 3.63) is 116 Å². The Labute approximate surface area is 174 Å². The van der Waals surface area contributed by atoms with Gasteiger partial charge in [0.15, 0.2) is 0 Å². The standard InChI is InChI=1S/C27H19N3/c1-3-9-21(10-4-1)28-17-18-29(20-28)23-15-16-25-24-13-7-8-14-26(24)30(27(25)19-23)22-11-5-2-6-12-22/h1-19H/q+2. The Morgan fingerprint density at radius 3 is 1.97 bits per heavy atom. The Balaban J connectivity index is 1.60. The largest absolute Gasteiger partial charge is 0.501 e. The molecule has 1 aliphatic heterocycles. The lowest BCUT2D eigenvalue weighted by Gasteiger charge is -2.07. The second-order valence-electron chi connectivity index (χ2n) is 7.36. The van der Waals surface area contributed by atoms with Crippen molar-refractivity contribution in [2.45, 2.75) is 0 Å². The third-order valence-electron chi connectivity index (χ3n) is 5.56. The van der Waals surface area contributed by atoms with E-state index in [1.54, 1.807) is 0 Å². The van der Waals surface area contributed by atoms with Crippen molar-refractivity contribution in [3.63, 3.8) is 0 Å². The van der Waals surface area contributed by atoms with Crippen molar-refractivity contribution in [1.82, 2.24) is 4.57 Å². The third kappa shape index (κ3) is 2.61. The summed E-state index contributed by atoms with van der Waals surface area (Å²) in [4.78, 5) is 0. The molecule has 2 heterocycles. The van der Waals surface area contributed by atoms with Gasteiger partial charge in [0.2, 0.25) is 11.4 Å². The minimum absolute atomic E-state index is 1.08. The van der Waals surface area contributed by atoms with Crippen LogP contribution in [0.1, 0.15) is 0 Å². The van der Waals surface area contributed by atoms with Crippen molar-refractivity contribution in [1.29, 1.82) is 0 Å². The summed E-state index contributed by atoms with van der Waals surface area (Å²) in [6.07, 6.45) is 4.08. The molecule has 0 radical (unpaired) electrons. The Morgan fingerprint density at radius 1 is 0.533 bits per heavy atom. The van der Waals surface area contributed by atoms with Crippen LogP contribution in [0.2, 0.25) is 0 Å². The maximum absolute atomic E-state index is 3.43. The number of benzene rings is 4. The molecule has 4 aromatic carbocycles. The number of nitrogens with zero attached hydrogens (tertiary/aromatic N) is 3. The molecule has 0 aliphatic carbocycles. The molecule has 0 saturated heterocycles. The van der Waals surface area contributed by atoms with Crippen LogP contribution >= 0.6 is 0 Å². The summed E-state index contributed by atoms with van der Waals surface area (Å²) in [5.74, 6) is 0. The summed E-state index contributed by atoms with van der Waals surface area (Å²) < 4.78 is 6.39. The molecule has 0 unspecified atom stereocenters. The van der Waals surface area contributed by atoms with E-state index < -0.39 is 0 Å². The number of hydrogen-bond acceptors (Lipinski definition) is 0. The van der Waals surface area contributed by atoms with Gasteiger partial charge in [-0.25, -0.2) is 0 Å². The highest BCUT2D eigenvalue weighted by atomic mass is 15.1. The topological polar surface area (TPSA) is 10.9 Å². The molecule has 6 rings (SSSR count). The summed E-state index contributed by atoms with van der Waals surface area (Å²) in [7, 11) is 0. The van der Waals surface area contributed by atoms with E-state index in [9.17, 15) is 0 Å². The van der Waals surface area contributed by atoms with E-state index in [-0.39, 0.29) is 0 Å². The highest BCUT2D eigenvalue weighted by Gasteiger charge is 2.22. The second kappa shape index (κ2) is 6.70. The summed E-state index contributed by atoms with van der Waals surface area (Å²) >= 11 is 0. The minimum atomic E-state index is 1.08. The van der Waals surface area contributed by atoms with Gasteiger partial charge in [0.25, 0.3) is 12.4 Å². The van der Waals surface area contributed by atoms with Gasteiger partial charge in [-0.05, 0) is 24.3 Å². The van der Waals surface area contributed by atoms with Gasteiger partial charge in [-0.15, -0.1) is 0 Å². The van der Waals surface area contributed by atoms with Gasteiger partial charge in [0, 0.05) is 40.7 Å². The molecule has 0 N–H and O–H groups in total. The fraction of sp³-hybridized carbons (Fsp3) is 0. The Bertz CT molecular complexity index is 1500. The Morgan fingerprint density at radius 2 is 1.17 bits per heavy atom. The van der Waals surface area contributed by atoms with Crippen LogP contribution < -0.4 is 0 Å². The molecule has 0 atom stereocenters. The molecule has 1 aromatic heterocycles. The zero-order valence-corrected chi connectivity index (χ0v) is 16.3. The van der Waals surface area contributed by atoms with E-state index in [1.807, 2.05) is 39.8 Å². The van der Waals surface area contributed by atoms with Gasteiger partial charge in [0.1, 0.15) is 0 Å². The second-order valence-corrected chi connectivity index (χ2v) is 7.36. The van der Waals surface area contributed by atoms with Crippen LogP contribution in [0.3, 0.4) is 0 Å². The van der Waals surface area contributed by atoms with Crippen LogP contribution in [-0.2, 0) is 0 Å². The molecule has 0 amide bonds. The average molecular weight is 385 g/mol. The number of fused-ring (bicyclic) bond motifs is 3. The van der Waals surface area contributed by atoms with Crippen molar-refractivity contribution >= 4 is 39.2 Å². The Hall–Kier alpha value is -4.20. The van der Waals surface area contributed by atoms with Gasteiger partial charge in [-0.3, -0.25) is 0 Å². The monoisotopic (exact) mass is 385 g/mol. The Kier molecular flexibility index (Phi) is 3.73. The molecule has 0 saturated carbocycles. The van der Waals surface area contributed by atoms with E-state index in [1.165, 1.54) is 21.8 Å². The van der Waals surface area contributed by atoms with E-state index in [4.69, 9.17) is 0 Å². The number of rotatable bonds is 3. The fourth-order valence-corrected chi connectivity index (χ4v) is 4.16. The molecular weight excluding hydrogens is 366 g/mol. The normalized spacial score (nSPS) is 13.1. The van der Waals surface area contributed by atoms with Gasteiger partial charge in [0.05, 0.1) is 11.0 Å². The maximum Gasteiger partial charge on any atom is 0.501 e. The molecule has 0 bridgehead atoms. The maximum atomic E-state index is 3.43. The third-order valence-corrected chi connectivity index (χ3v) is 5.56. The van der Waals surface area contributed by atoms with Crippen molar-refractivity contribution in [2.24, 2.45) is 0 Å². The fourth-order valence-electron chi connectivity index (χ4n) is 4.16. The van der Waals surface area contributed by atoms with E-state index in [0.717, 1.165) is 17.1 Å². The SMILES string of the molecule is C1=[N+](c2ccccc2)C=C[N+]=1c1ccc2c3ccccc3n(-c3ccccc3)c2c1. The summed E-state index contributed by atoms with van der Waals surface area (Å²) in [6, 6.07) is 39.4. The molecule has 0 fully saturated rings. The van der Waals surface area contributed by atoms with Crippen LogP contribution in [0, 0.1) is 0 Å². The highest BCUT2D eigenvalue weighted by molar-refractivity contribution is 6.09. The zero-order chi connectivity index (χ0) is 19.9. The number of hydrogen-bond donors (Lipinski definition) is 0. The molecule has 3 heteroatoms. The molecule has 3 nitrogen and oxygen atoms in total. The molecule has 1 aliphatic rings. The van der Waals surface area contributed by atoms with E-state index in [2.05, 4.69) is 95.5 Å². The number of para-hydroxylation sites is 3. The lowest BCUT2D eigenvalue weighted by molar-refractivity contribution is -0.387. The van der Waals surface area contributed by atoms with Crippen molar-refractivity contribution in [3.8, 4) is 5.69 Å². The average Bonchev–Trinajstić information content (AvgIpc) is 3.43. The molecule has 30 heavy (non-hydrogen) atoms. The first kappa shape index (κ1) is 16.7. The first-order valence-electron chi connectivity index (χ1n) is 10.1. The van der Waals surface area contributed by atoms with Gasteiger partial charge >= 0.3 is 6.01 Å². The number of aromatic nitrogens is 1. The van der Waals surface area contributed by atoms with Crippen LogP contribution in [0.4, 0.5) is 11.4 Å². The minimum Gasteiger partial charge on any atom is -0.309 e. The molecule has 0 spiro atoms. The van der Waals surface area contributed by atoms with E-state index >= 15 is 0 Å². The summed E-state index contributed by atoms with van der Waals surface area (Å²) in [6.45, 7) is 0. The first-order valence-corrected chi connectivity index (χ1v) is 10.1. The molecule has 5 aromatic rings. The quantitative estimate of drug-likeness (QED) is 0.317. The van der Waals surface area contributed by atoms with Gasteiger partial charge in [-0.2, -0.15) is 0 Å². The lowest BCUT2D eigenvalue weighted by Crippen LogP contribution is -1.96. The van der Waals surface area contributed by atoms with E-state index in [0.29, 0.717) is 0 Å². The zero-order valence-electron chi connectivity index (χ0n) is 16.3. The van der Waals surface area contributed by atoms with Crippen LogP contribution in [0.5, 0.6) is 0 Å². The van der Waals surface area contributed by atoms with Crippen molar-refractivity contribution < 1.29 is 9.15 Å². The highest BCUT2D eigenvalue weighted by Crippen LogP contribution is 2.34. The molecule has 140 valence electrons. The summed E-state index contributed by atoms with van der Waals surface area (Å²) in [5.41, 5.74) is 5.74. The van der Waals surface area contributed by atoms with Crippen LogP contribution in [0.25, 0.3) is 27.5 Å². The smallest absolute Gasteiger partial charge is 0.309 e.